The number of nitrogens with two attached hydrogens (primary N) is 2. The van der Waals surface area contributed by atoms with E-state index in [2.05, 4.69) is 15.6 Å². The number of hydrogen-bond donors (Lipinski definition) is 3. The summed E-state index contributed by atoms with van der Waals surface area (Å²) in [6, 6.07) is 6.71. The SMILES string of the molecule is NC(=O)c1cn(CCOCCOCCOCCNC(=O)c2ccc(N)cc2)nn1. The highest BCUT2D eigenvalue weighted by molar-refractivity contribution is 5.94. The molecule has 29 heavy (non-hydrogen) atoms. The first kappa shape index (κ1) is 22.3. The number of nitrogen functional groups attached to an aromatic ring is 1. The molecule has 158 valence electrons. The number of hydrogen-bond acceptors (Lipinski definition) is 8. The Morgan fingerprint density at radius 1 is 0.966 bits per heavy atom. The number of carbonyl (C=O) groups excluding carboxylic acids is 2. The van der Waals surface area contributed by atoms with Crippen LogP contribution in [-0.2, 0) is 20.8 Å². The quantitative estimate of drug-likeness (QED) is 0.278. The van der Waals surface area contributed by atoms with E-state index >= 15 is 0 Å². The Labute approximate surface area is 168 Å². The average molecular weight is 406 g/mol. The van der Waals surface area contributed by atoms with Crippen LogP contribution in [0.1, 0.15) is 20.8 Å². The molecule has 0 saturated heterocycles. The minimum Gasteiger partial charge on any atom is -0.399 e. The van der Waals surface area contributed by atoms with Crippen molar-refractivity contribution in [3.05, 3.63) is 41.7 Å². The molecule has 0 aliphatic rings. The molecule has 0 aliphatic carbocycles. The first-order valence-corrected chi connectivity index (χ1v) is 9.13. The van der Waals surface area contributed by atoms with Crippen molar-refractivity contribution in [1.29, 1.82) is 0 Å². The minimum absolute atomic E-state index is 0.123. The molecule has 1 heterocycles. The van der Waals surface area contributed by atoms with Crippen LogP contribution in [0.2, 0.25) is 0 Å². The molecule has 1 aromatic heterocycles. The summed E-state index contributed by atoms with van der Waals surface area (Å²) in [6.07, 6.45) is 1.47. The molecule has 0 atom stereocenters. The Hall–Kier alpha value is -3.02. The van der Waals surface area contributed by atoms with Crippen LogP contribution in [0.3, 0.4) is 0 Å². The summed E-state index contributed by atoms with van der Waals surface area (Å²) in [6.45, 7) is 3.39. The lowest BCUT2D eigenvalue weighted by atomic mass is 10.2. The van der Waals surface area contributed by atoms with Gasteiger partial charge in [-0.1, -0.05) is 5.21 Å². The van der Waals surface area contributed by atoms with Crippen LogP contribution >= 0.6 is 0 Å². The Kier molecular flexibility index (Phi) is 9.55. The molecule has 2 amide bonds. The van der Waals surface area contributed by atoms with E-state index < -0.39 is 5.91 Å². The smallest absolute Gasteiger partial charge is 0.270 e. The van der Waals surface area contributed by atoms with Crippen LogP contribution in [0.15, 0.2) is 30.5 Å². The third-order valence-electron chi connectivity index (χ3n) is 3.70. The van der Waals surface area contributed by atoms with Gasteiger partial charge in [-0.2, -0.15) is 0 Å². The fourth-order valence-electron chi connectivity index (χ4n) is 2.19. The Bertz CT molecular complexity index is 764. The second-order valence-corrected chi connectivity index (χ2v) is 5.95. The highest BCUT2D eigenvalue weighted by atomic mass is 16.5. The van der Waals surface area contributed by atoms with Crippen molar-refractivity contribution < 1.29 is 23.8 Å². The summed E-state index contributed by atoms with van der Waals surface area (Å²) < 4.78 is 17.7. The van der Waals surface area contributed by atoms with Gasteiger partial charge >= 0.3 is 0 Å². The fraction of sp³-hybridized carbons (Fsp3) is 0.444. The van der Waals surface area contributed by atoms with Gasteiger partial charge in [0.05, 0.1) is 52.4 Å². The van der Waals surface area contributed by atoms with Gasteiger partial charge in [0.25, 0.3) is 11.8 Å². The van der Waals surface area contributed by atoms with Crippen LogP contribution in [0.5, 0.6) is 0 Å². The number of benzene rings is 1. The Balaban J connectivity index is 1.38. The maximum Gasteiger partial charge on any atom is 0.270 e. The highest BCUT2D eigenvalue weighted by Gasteiger charge is 2.05. The molecule has 0 saturated carbocycles. The number of rotatable bonds is 14. The zero-order valence-corrected chi connectivity index (χ0v) is 16.1. The molecule has 2 aromatic rings. The van der Waals surface area contributed by atoms with Crippen molar-refractivity contribution >= 4 is 17.5 Å². The van der Waals surface area contributed by atoms with E-state index in [1.165, 1.54) is 10.9 Å². The van der Waals surface area contributed by atoms with E-state index in [0.29, 0.717) is 64.0 Å². The largest absolute Gasteiger partial charge is 0.399 e. The average Bonchev–Trinajstić information content (AvgIpc) is 3.18. The van der Waals surface area contributed by atoms with E-state index in [9.17, 15) is 9.59 Å². The maximum atomic E-state index is 11.9. The van der Waals surface area contributed by atoms with Gasteiger partial charge in [0, 0.05) is 17.8 Å². The number of nitrogens with one attached hydrogen (secondary N) is 1. The summed E-state index contributed by atoms with van der Waals surface area (Å²) in [7, 11) is 0. The lowest BCUT2D eigenvalue weighted by Gasteiger charge is -2.08. The van der Waals surface area contributed by atoms with Crippen molar-refractivity contribution in [3.8, 4) is 0 Å². The summed E-state index contributed by atoms with van der Waals surface area (Å²) >= 11 is 0. The number of carbonyl (C=O) groups is 2. The first-order valence-electron chi connectivity index (χ1n) is 9.13. The van der Waals surface area contributed by atoms with Crippen molar-refractivity contribution in [1.82, 2.24) is 20.3 Å². The van der Waals surface area contributed by atoms with Crippen LogP contribution in [0.25, 0.3) is 0 Å². The Morgan fingerprint density at radius 3 is 2.21 bits per heavy atom. The normalized spacial score (nSPS) is 10.8. The van der Waals surface area contributed by atoms with Gasteiger partial charge in [-0.25, -0.2) is 4.68 Å². The number of ether oxygens (including phenoxy) is 3. The predicted molar refractivity (Wildman–Crippen MR) is 104 cm³/mol. The molecule has 0 radical (unpaired) electrons. The van der Waals surface area contributed by atoms with Crippen molar-refractivity contribution in [2.24, 2.45) is 5.73 Å². The second kappa shape index (κ2) is 12.4. The Morgan fingerprint density at radius 2 is 1.59 bits per heavy atom. The number of primary amides is 1. The molecule has 11 heteroatoms. The number of anilines is 1. The molecule has 0 aliphatic heterocycles. The topological polar surface area (TPSA) is 157 Å². The zero-order chi connectivity index (χ0) is 20.9. The van der Waals surface area contributed by atoms with Gasteiger partial charge in [0.2, 0.25) is 0 Å². The van der Waals surface area contributed by atoms with Gasteiger partial charge in [-0.15, -0.1) is 5.10 Å². The molecule has 0 bridgehead atoms. The maximum absolute atomic E-state index is 11.9. The van der Waals surface area contributed by atoms with Crippen LogP contribution < -0.4 is 16.8 Å². The third kappa shape index (κ3) is 8.68. The molecule has 1 aromatic carbocycles. The number of aromatic nitrogens is 3. The molecular formula is C18H26N6O5. The molecule has 0 fully saturated rings. The fourth-order valence-corrected chi connectivity index (χ4v) is 2.19. The van der Waals surface area contributed by atoms with Crippen LogP contribution in [-0.4, -0.2) is 73.0 Å². The van der Waals surface area contributed by atoms with E-state index in [-0.39, 0.29) is 11.6 Å². The van der Waals surface area contributed by atoms with Gasteiger partial charge in [0.1, 0.15) is 0 Å². The van der Waals surface area contributed by atoms with E-state index in [1.807, 2.05) is 0 Å². The van der Waals surface area contributed by atoms with Crippen molar-refractivity contribution in [2.75, 3.05) is 51.9 Å². The molecule has 2 rings (SSSR count). The summed E-state index contributed by atoms with van der Waals surface area (Å²) in [5.41, 5.74) is 12.0. The van der Waals surface area contributed by atoms with E-state index in [0.717, 1.165) is 0 Å². The second-order valence-electron chi connectivity index (χ2n) is 5.95. The van der Waals surface area contributed by atoms with Crippen LogP contribution in [0.4, 0.5) is 5.69 Å². The first-order chi connectivity index (χ1) is 14.1. The zero-order valence-electron chi connectivity index (χ0n) is 16.1. The minimum atomic E-state index is -0.614. The van der Waals surface area contributed by atoms with Crippen molar-refractivity contribution in [2.45, 2.75) is 6.54 Å². The molecule has 5 N–H and O–H groups in total. The summed E-state index contributed by atoms with van der Waals surface area (Å²) in [5, 5.41) is 10.2. The highest BCUT2D eigenvalue weighted by Crippen LogP contribution is 2.04. The monoisotopic (exact) mass is 406 g/mol. The standard InChI is InChI=1S/C18H26N6O5/c19-15-3-1-14(2-4-15)18(26)21-5-7-27-9-11-29-12-10-28-8-6-24-13-16(17(20)25)22-23-24/h1-4,13H,5-12,19H2,(H2,20,25)(H,21,26). The number of amides is 2. The van der Waals surface area contributed by atoms with Crippen molar-refractivity contribution in [3.63, 3.8) is 0 Å². The van der Waals surface area contributed by atoms with Gasteiger partial charge in [-0.05, 0) is 24.3 Å². The molecule has 0 spiro atoms. The van der Waals surface area contributed by atoms with Gasteiger partial charge in [0.15, 0.2) is 5.69 Å². The molecule has 0 unspecified atom stereocenters. The molecule has 11 nitrogen and oxygen atoms in total. The third-order valence-corrected chi connectivity index (χ3v) is 3.70. The summed E-state index contributed by atoms with van der Waals surface area (Å²) in [5.74, 6) is -0.782. The van der Waals surface area contributed by atoms with Gasteiger partial charge in [-0.3, -0.25) is 9.59 Å². The number of nitrogens with zero attached hydrogens (tertiary/aromatic N) is 3. The molecular weight excluding hydrogens is 380 g/mol. The lowest BCUT2D eigenvalue weighted by Crippen LogP contribution is -2.27. The predicted octanol–water partition coefficient (Wildman–Crippen LogP) is -0.561. The van der Waals surface area contributed by atoms with E-state index in [1.54, 1.807) is 24.3 Å². The lowest BCUT2D eigenvalue weighted by molar-refractivity contribution is 0.0133. The van der Waals surface area contributed by atoms with Crippen LogP contribution in [0, 0.1) is 0 Å². The summed E-state index contributed by atoms with van der Waals surface area (Å²) in [4.78, 5) is 22.8. The van der Waals surface area contributed by atoms with E-state index in [4.69, 9.17) is 25.7 Å². The van der Waals surface area contributed by atoms with Gasteiger partial charge < -0.3 is 31.0 Å².